The Balaban J connectivity index is 2.03. The summed E-state index contributed by atoms with van der Waals surface area (Å²) in [7, 11) is 0.761. The van der Waals surface area contributed by atoms with Crippen LogP contribution in [0.1, 0.15) is 37.7 Å². The van der Waals surface area contributed by atoms with E-state index in [4.69, 9.17) is 0 Å². The third-order valence-electron chi connectivity index (χ3n) is 3.95. The van der Waals surface area contributed by atoms with E-state index in [2.05, 4.69) is 11.9 Å². The third-order valence-corrected chi connectivity index (χ3v) is 3.95. The van der Waals surface area contributed by atoms with Gasteiger partial charge in [-0.15, -0.1) is 0 Å². The van der Waals surface area contributed by atoms with Crippen molar-refractivity contribution in [2.45, 2.75) is 44.7 Å². The highest BCUT2D eigenvalue weighted by Crippen LogP contribution is 2.22. The summed E-state index contributed by atoms with van der Waals surface area (Å²) in [5.74, 6) is 0. The van der Waals surface area contributed by atoms with Gasteiger partial charge in [-0.1, -0.05) is 43.5 Å². The molecule has 98 valence electrons. The van der Waals surface area contributed by atoms with Gasteiger partial charge in [0.1, 0.15) is 0 Å². The van der Waals surface area contributed by atoms with Crippen molar-refractivity contribution in [3.8, 4) is 0 Å². The van der Waals surface area contributed by atoms with Gasteiger partial charge in [-0.3, -0.25) is 4.90 Å². The van der Waals surface area contributed by atoms with E-state index in [0.29, 0.717) is 11.5 Å². The van der Waals surface area contributed by atoms with Crippen molar-refractivity contribution in [2.75, 3.05) is 7.05 Å². The number of hydrogen-bond acceptors (Lipinski definition) is 3. The highest BCUT2D eigenvalue weighted by atomic mass is 16.4. The normalized spacial score (nSPS) is 17.1. The van der Waals surface area contributed by atoms with Crippen LogP contribution in [0.3, 0.4) is 0 Å². The second-order valence-electron chi connectivity index (χ2n) is 5.28. The molecule has 1 aliphatic carbocycles. The molecule has 0 spiro atoms. The second kappa shape index (κ2) is 6.37. The summed E-state index contributed by atoms with van der Waals surface area (Å²) in [6.07, 6.45) is 6.52. The van der Waals surface area contributed by atoms with Gasteiger partial charge >= 0.3 is 7.12 Å². The van der Waals surface area contributed by atoms with Gasteiger partial charge in [-0.25, -0.2) is 0 Å². The van der Waals surface area contributed by atoms with Crippen molar-refractivity contribution < 1.29 is 10.0 Å². The number of benzene rings is 1. The van der Waals surface area contributed by atoms with Crippen LogP contribution < -0.4 is 5.46 Å². The fourth-order valence-electron chi connectivity index (χ4n) is 2.85. The molecule has 1 saturated carbocycles. The van der Waals surface area contributed by atoms with Crippen LogP contribution >= 0.6 is 0 Å². The van der Waals surface area contributed by atoms with Crippen LogP contribution in [-0.4, -0.2) is 35.2 Å². The van der Waals surface area contributed by atoms with E-state index in [0.717, 1.165) is 12.1 Å². The molecule has 1 aliphatic rings. The van der Waals surface area contributed by atoms with E-state index in [1.54, 1.807) is 6.07 Å². The van der Waals surface area contributed by atoms with Crippen LogP contribution in [0, 0.1) is 0 Å². The molecule has 0 atom stereocenters. The standard InChI is InChI=1S/C14H22BNO2/c1-16(13-8-3-2-4-9-13)11-12-7-5-6-10-14(12)15(17)18/h5-7,10,13,17-18H,2-4,8-9,11H2,1H3. The molecule has 2 rings (SSSR count). The van der Waals surface area contributed by atoms with Gasteiger partial charge in [0.25, 0.3) is 0 Å². The Bertz CT molecular complexity index is 378. The quantitative estimate of drug-likeness (QED) is 0.784. The molecule has 1 aromatic carbocycles. The maximum Gasteiger partial charge on any atom is 0.488 e. The summed E-state index contributed by atoms with van der Waals surface area (Å²) in [5.41, 5.74) is 1.64. The molecular weight excluding hydrogens is 225 g/mol. The Labute approximate surface area is 110 Å². The molecule has 0 saturated heterocycles. The second-order valence-corrected chi connectivity index (χ2v) is 5.28. The molecule has 18 heavy (non-hydrogen) atoms. The van der Waals surface area contributed by atoms with E-state index in [1.165, 1.54) is 32.1 Å². The number of nitrogens with zero attached hydrogens (tertiary/aromatic N) is 1. The summed E-state index contributed by atoms with van der Waals surface area (Å²) in [5, 5.41) is 18.7. The first-order chi connectivity index (χ1) is 8.68. The van der Waals surface area contributed by atoms with Gasteiger partial charge in [0.2, 0.25) is 0 Å². The Morgan fingerprint density at radius 3 is 2.50 bits per heavy atom. The predicted molar refractivity (Wildman–Crippen MR) is 74.6 cm³/mol. The largest absolute Gasteiger partial charge is 0.488 e. The van der Waals surface area contributed by atoms with Gasteiger partial charge in [0.05, 0.1) is 0 Å². The van der Waals surface area contributed by atoms with Crippen molar-refractivity contribution >= 4 is 12.6 Å². The fraction of sp³-hybridized carbons (Fsp3) is 0.571. The zero-order valence-electron chi connectivity index (χ0n) is 11.0. The lowest BCUT2D eigenvalue weighted by Gasteiger charge is -2.31. The van der Waals surface area contributed by atoms with Gasteiger partial charge in [-0.05, 0) is 30.9 Å². The van der Waals surface area contributed by atoms with E-state index in [9.17, 15) is 10.0 Å². The number of hydrogen-bond donors (Lipinski definition) is 2. The Morgan fingerprint density at radius 1 is 1.17 bits per heavy atom. The Hall–Kier alpha value is -0.835. The van der Waals surface area contributed by atoms with Crippen LogP contribution in [0.25, 0.3) is 0 Å². The number of rotatable bonds is 4. The lowest BCUT2D eigenvalue weighted by molar-refractivity contribution is 0.185. The first kappa shape index (κ1) is 13.6. The molecular formula is C14H22BNO2. The molecule has 0 bridgehead atoms. The fourth-order valence-corrected chi connectivity index (χ4v) is 2.85. The summed E-state index contributed by atoms with van der Waals surface area (Å²) in [6, 6.07) is 8.21. The third kappa shape index (κ3) is 3.34. The first-order valence-electron chi connectivity index (χ1n) is 6.82. The van der Waals surface area contributed by atoms with Crippen LogP contribution in [0.4, 0.5) is 0 Å². The van der Waals surface area contributed by atoms with Gasteiger partial charge < -0.3 is 10.0 Å². The molecule has 0 aromatic heterocycles. The van der Waals surface area contributed by atoms with E-state index >= 15 is 0 Å². The summed E-state index contributed by atoms with van der Waals surface area (Å²) in [6.45, 7) is 0.790. The molecule has 1 aromatic rings. The van der Waals surface area contributed by atoms with Crippen molar-refractivity contribution in [1.29, 1.82) is 0 Å². The highest BCUT2D eigenvalue weighted by molar-refractivity contribution is 6.59. The maximum absolute atomic E-state index is 9.36. The van der Waals surface area contributed by atoms with E-state index < -0.39 is 7.12 Å². The molecule has 3 nitrogen and oxygen atoms in total. The lowest BCUT2D eigenvalue weighted by atomic mass is 9.77. The molecule has 0 radical (unpaired) electrons. The smallest absolute Gasteiger partial charge is 0.423 e. The minimum Gasteiger partial charge on any atom is -0.423 e. The molecule has 0 heterocycles. The molecule has 4 heteroatoms. The summed E-state index contributed by atoms with van der Waals surface area (Å²) < 4.78 is 0. The molecule has 2 N–H and O–H groups in total. The minimum absolute atomic E-state index is 0.625. The van der Waals surface area contributed by atoms with Gasteiger partial charge in [0, 0.05) is 12.6 Å². The molecule has 1 fully saturated rings. The summed E-state index contributed by atoms with van der Waals surface area (Å²) in [4.78, 5) is 2.35. The lowest BCUT2D eigenvalue weighted by Crippen LogP contribution is -2.38. The molecule has 0 unspecified atom stereocenters. The van der Waals surface area contributed by atoms with Gasteiger partial charge in [-0.2, -0.15) is 0 Å². The SMILES string of the molecule is CN(Cc1ccccc1B(O)O)C1CCCCC1. The molecule has 0 aliphatic heterocycles. The average Bonchev–Trinajstić information content (AvgIpc) is 2.40. The predicted octanol–water partition coefficient (Wildman–Crippen LogP) is 1.13. The van der Waals surface area contributed by atoms with E-state index in [1.807, 2.05) is 18.2 Å². The topological polar surface area (TPSA) is 43.7 Å². The monoisotopic (exact) mass is 247 g/mol. The van der Waals surface area contributed by atoms with Crippen LogP contribution in [0.15, 0.2) is 24.3 Å². The van der Waals surface area contributed by atoms with Crippen LogP contribution in [0.2, 0.25) is 0 Å². The van der Waals surface area contributed by atoms with Crippen molar-refractivity contribution in [3.05, 3.63) is 29.8 Å². The van der Waals surface area contributed by atoms with Gasteiger partial charge in [0.15, 0.2) is 0 Å². The van der Waals surface area contributed by atoms with Crippen molar-refractivity contribution in [3.63, 3.8) is 0 Å². The van der Waals surface area contributed by atoms with Crippen molar-refractivity contribution in [1.82, 2.24) is 4.90 Å². The maximum atomic E-state index is 9.36. The zero-order chi connectivity index (χ0) is 13.0. The molecule has 0 amide bonds. The summed E-state index contributed by atoms with van der Waals surface area (Å²) >= 11 is 0. The Kier molecular flexibility index (Phi) is 4.81. The first-order valence-corrected chi connectivity index (χ1v) is 6.82. The Morgan fingerprint density at radius 2 is 1.83 bits per heavy atom. The van der Waals surface area contributed by atoms with Crippen LogP contribution in [0.5, 0.6) is 0 Å². The average molecular weight is 247 g/mol. The minimum atomic E-state index is -1.37. The van der Waals surface area contributed by atoms with E-state index in [-0.39, 0.29) is 0 Å². The highest BCUT2D eigenvalue weighted by Gasteiger charge is 2.21. The van der Waals surface area contributed by atoms with Crippen LogP contribution in [-0.2, 0) is 6.54 Å². The zero-order valence-corrected chi connectivity index (χ0v) is 11.0. The van der Waals surface area contributed by atoms with Crippen molar-refractivity contribution in [2.24, 2.45) is 0 Å².